The first-order valence-corrected chi connectivity index (χ1v) is 7.57. The number of anilines is 2. The smallest absolute Gasteiger partial charge is 0.0661 e. The van der Waals surface area contributed by atoms with Gasteiger partial charge in [0.25, 0.3) is 0 Å². The van der Waals surface area contributed by atoms with E-state index in [1.807, 2.05) is 18.2 Å². The highest BCUT2D eigenvalue weighted by Crippen LogP contribution is 2.36. The molecule has 2 unspecified atom stereocenters. The van der Waals surface area contributed by atoms with Crippen molar-refractivity contribution in [2.45, 2.75) is 38.1 Å². The minimum absolute atomic E-state index is 0.159. The lowest BCUT2D eigenvalue weighted by Crippen LogP contribution is -2.46. The Morgan fingerprint density at radius 3 is 2.94 bits per heavy atom. The molecule has 1 saturated carbocycles. The number of hydrogen-bond acceptors (Lipinski definition) is 3. The summed E-state index contributed by atoms with van der Waals surface area (Å²) in [5, 5.41) is 13.3. The van der Waals surface area contributed by atoms with Crippen molar-refractivity contribution in [2.75, 3.05) is 17.7 Å². The van der Waals surface area contributed by atoms with Gasteiger partial charge in [0.1, 0.15) is 0 Å². The lowest BCUT2D eigenvalue weighted by Gasteiger charge is -2.40. The molecule has 1 aliphatic rings. The minimum Gasteiger partial charge on any atom is -0.399 e. The maximum atomic E-state index is 9.78. The molecule has 0 bridgehead atoms. The predicted molar refractivity (Wildman–Crippen MR) is 84.6 cm³/mol. The zero-order valence-electron chi connectivity index (χ0n) is 10.7. The van der Waals surface area contributed by atoms with E-state index in [9.17, 15) is 5.11 Å². The summed E-state index contributed by atoms with van der Waals surface area (Å²) in [6.07, 6.45) is 4.51. The Labute approximate surface area is 122 Å². The molecule has 0 aromatic heterocycles. The number of hydrogen-bond donors (Lipinski definition) is 3. The first-order valence-electron chi connectivity index (χ1n) is 6.49. The molecular formula is C14H21IN2O. The van der Waals surface area contributed by atoms with E-state index in [0.29, 0.717) is 5.92 Å². The van der Waals surface area contributed by atoms with Gasteiger partial charge < -0.3 is 16.2 Å². The number of nitrogens with two attached hydrogens (primary N) is 1. The van der Waals surface area contributed by atoms with Crippen LogP contribution in [0.4, 0.5) is 11.4 Å². The highest BCUT2D eigenvalue weighted by Gasteiger charge is 2.34. The SMILES string of the molecule is CC1CCCC(CO)(Nc2ccc(N)cc2I)C1. The van der Waals surface area contributed by atoms with Crippen molar-refractivity contribution in [1.29, 1.82) is 0 Å². The van der Waals surface area contributed by atoms with E-state index >= 15 is 0 Å². The average molecular weight is 360 g/mol. The van der Waals surface area contributed by atoms with Crippen LogP contribution in [0.15, 0.2) is 18.2 Å². The van der Waals surface area contributed by atoms with Crippen molar-refractivity contribution in [1.82, 2.24) is 0 Å². The van der Waals surface area contributed by atoms with Gasteiger partial charge >= 0.3 is 0 Å². The third kappa shape index (κ3) is 3.09. The number of aliphatic hydroxyl groups excluding tert-OH is 1. The largest absolute Gasteiger partial charge is 0.399 e. The summed E-state index contributed by atoms with van der Waals surface area (Å²) in [6, 6.07) is 5.87. The molecule has 0 saturated heterocycles. The van der Waals surface area contributed by atoms with Gasteiger partial charge in [-0.25, -0.2) is 0 Å². The second-order valence-corrected chi connectivity index (χ2v) is 6.67. The fourth-order valence-corrected chi connectivity index (χ4v) is 3.55. The van der Waals surface area contributed by atoms with Gasteiger partial charge in [-0.05, 0) is 59.5 Å². The van der Waals surface area contributed by atoms with Gasteiger partial charge in [-0.15, -0.1) is 0 Å². The summed E-state index contributed by atoms with van der Waals surface area (Å²) in [5.41, 5.74) is 7.46. The van der Waals surface area contributed by atoms with Crippen LogP contribution in [0, 0.1) is 9.49 Å². The standard InChI is InChI=1S/C14H21IN2O/c1-10-3-2-6-14(8-10,9-18)17-13-5-4-11(16)7-12(13)15/h4-5,7,10,17-18H,2-3,6,8-9,16H2,1H3. The van der Waals surface area contributed by atoms with Crippen LogP contribution in [0.5, 0.6) is 0 Å². The third-order valence-electron chi connectivity index (χ3n) is 3.79. The van der Waals surface area contributed by atoms with Crippen LogP contribution in [0.3, 0.4) is 0 Å². The van der Waals surface area contributed by atoms with Crippen LogP contribution in [-0.2, 0) is 0 Å². The number of nitrogens with one attached hydrogen (secondary N) is 1. The average Bonchev–Trinajstić information content (AvgIpc) is 2.33. The quantitative estimate of drug-likeness (QED) is 0.573. The molecule has 18 heavy (non-hydrogen) atoms. The molecule has 1 aliphatic carbocycles. The van der Waals surface area contributed by atoms with Gasteiger partial charge in [-0.2, -0.15) is 0 Å². The molecule has 0 radical (unpaired) electrons. The van der Waals surface area contributed by atoms with Crippen LogP contribution in [0.1, 0.15) is 32.6 Å². The van der Waals surface area contributed by atoms with Crippen LogP contribution in [0.25, 0.3) is 0 Å². The van der Waals surface area contributed by atoms with Crippen molar-refractivity contribution in [3.63, 3.8) is 0 Å². The summed E-state index contributed by atoms with van der Waals surface area (Å²) >= 11 is 2.29. The van der Waals surface area contributed by atoms with Gasteiger partial charge in [0.05, 0.1) is 12.1 Å². The van der Waals surface area contributed by atoms with Crippen LogP contribution < -0.4 is 11.1 Å². The molecule has 0 heterocycles. The molecule has 2 rings (SSSR count). The van der Waals surface area contributed by atoms with Crippen molar-refractivity contribution >= 4 is 34.0 Å². The number of rotatable bonds is 3. The lowest BCUT2D eigenvalue weighted by atomic mass is 9.76. The Morgan fingerprint density at radius 1 is 1.56 bits per heavy atom. The molecule has 1 aromatic rings. The maximum Gasteiger partial charge on any atom is 0.0661 e. The van der Waals surface area contributed by atoms with E-state index in [1.165, 1.54) is 12.8 Å². The van der Waals surface area contributed by atoms with E-state index in [2.05, 4.69) is 34.8 Å². The van der Waals surface area contributed by atoms with Crippen molar-refractivity contribution in [2.24, 2.45) is 5.92 Å². The predicted octanol–water partition coefficient (Wildman–Crippen LogP) is 3.23. The number of benzene rings is 1. The summed E-state index contributed by atoms with van der Waals surface area (Å²) < 4.78 is 1.11. The zero-order chi connectivity index (χ0) is 13.2. The molecule has 100 valence electrons. The highest BCUT2D eigenvalue weighted by molar-refractivity contribution is 14.1. The third-order valence-corrected chi connectivity index (χ3v) is 4.68. The Kier molecular flexibility index (Phi) is 4.37. The molecule has 3 nitrogen and oxygen atoms in total. The van der Waals surface area contributed by atoms with Gasteiger partial charge in [0.2, 0.25) is 0 Å². The summed E-state index contributed by atoms with van der Waals surface area (Å²) in [6.45, 7) is 2.46. The van der Waals surface area contributed by atoms with E-state index in [-0.39, 0.29) is 12.1 Å². The Hall–Kier alpha value is -0.490. The molecule has 1 fully saturated rings. The molecule has 1 aromatic carbocycles. The van der Waals surface area contributed by atoms with Crippen molar-refractivity contribution in [3.8, 4) is 0 Å². The van der Waals surface area contributed by atoms with Crippen molar-refractivity contribution in [3.05, 3.63) is 21.8 Å². The molecular weight excluding hydrogens is 339 g/mol. The van der Waals surface area contributed by atoms with Crippen LogP contribution in [0.2, 0.25) is 0 Å². The Morgan fingerprint density at radius 2 is 2.33 bits per heavy atom. The summed E-state index contributed by atoms with van der Waals surface area (Å²) in [5.74, 6) is 0.671. The zero-order valence-corrected chi connectivity index (χ0v) is 12.9. The highest BCUT2D eigenvalue weighted by atomic mass is 127. The van der Waals surface area contributed by atoms with Crippen LogP contribution in [-0.4, -0.2) is 17.3 Å². The van der Waals surface area contributed by atoms with Gasteiger partial charge in [0, 0.05) is 14.9 Å². The Bertz CT molecular complexity index is 424. The van der Waals surface area contributed by atoms with E-state index in [4.69, 9.17) is 5.73 Å². The van der Waals surface area contributed by atoms with E-state index < -0.39 is 0 Å². The second kappa shape index (κ2) is 5.65. The van der Waals surface area contributed by atoms with Gasteiger partial charge in [-0.3, -0.25) is 0 Å². The van der Waals surface area contributed by atoms with Crippen LogP contribution >= 0.6 is 22.6 Å². The monoisotopic (exact) mass is 360 g/mol. The first kappa shape index (κ1) is 13.9. The number of aliphatic hydroxyl groups is 1. The normalized spacial score (nSPS) is 28.1. The molecule has 4 N–H and O–H groups in total. The fourth-order valence-electron chi connectivity index (χ4n) is 2.88. The maximum absolute atomic E-state index is 9.78. The fraction of sp³-hybridized carbons (Fsp3) is 0.571. The minimum atomic E-state index is -0.159. The van der Waals surface area contributed by atoms with Gasteiger partial charge in [-0.1, -0.05) is 19.8 Å². The lowest BCUT2D eigenvalue weighted by molar-refractivity contribution is 0.149. The summed E-state index contributed by atoms with van der Waals surface area (Å²) in [7, 11) is 0. The molecule has 0 spiro atoms. The van der Waals surface area contributed by atoms with E-state index in [0.717, 1.165) is 27.8 Å². The number of halogens is 1. The Balaban J connectivity index is 2.19. The topological polar surface area (TPSA) is 58.3 Å². The molecule has 2 atom stereocenters. The first-order chi connectivity index (χ1) is 8.54. The molecule has 4 heteroatoms. The molecule has 0 amide bonds. The van der Waals surface area contributed by atoms with Crippen molar-refractivity contribution < 1.29 is 5.11 Å². The second-order valence-electron chi connectivity index (χ2n) is 5.50. The summed E-state index contributed by atoms with van der Waals surface area (Å²) in [4.78, 5) is 0. The van der Waals surface area contributed by atoms with E-state index in [1.54, 1.807) is 0 Å². The number of nitrogen functional groups attached to an aromatic ring is 1. The molecule has 0 aliphatic heterocycles. The van der Waals surface area contributed by atoms with Gasteiger partial charge in [0.15, 0.2) is 0 Å².